The normalized spacial score (nSPS) is 12.9. The molecule has 2 rings (SSSR count). The Morgan fingerprint density at radius 1 is 1.50 bits per heavy atom. The van der Waals surface area contributed by atoms with Gasteiger partial charge in [-0.05, 0) is 30.0 Å². The van der Waals surface area contributed by atoms with E-state index in [1.165, 1.54) is 6.07 Å². The van der Waals surface area contributed by atoms with Crippen molar-refractivity contribution in [2.75, 3.05) is 0 Å². The quantitative estimate of drug-likeness (QED) is 0.486. The molecule has 3 N–H and O–H groups in total. The van der Waals surface area contributed by atoms with Crippen molar-refractivity contribution in [3.05, 3.63) is 47.6 Å². The highest BCUT2D eigenvalue weighted by Crippen LogP contribution is 2.31. The molecule has 4 heteroatoms. The second-order valence-electron chi connectivity index (χ2n) is 3.57. The Morgan fingerprint density at radius 3 is 3.00 bits per heavy atom. The van der Waals surface area contributed by atoms with E-state index >= 15 is 0 Å². The number of rotatable bonds is 4. The summed E-state index contributed by atoms with van der Waals surface area (Å²) in [5.41, 5.74) is 2.74. The SMILES string of the molecule is C=CCC(NN)c1cc2ccc(F)cc2s1. The number of hydrazine groups is 1. The van der Waals surface area contributed by atoms with Gasteiger partial charge in [-0.1, -0.05) is 12.1 Å². The van der Waals surface area contributed by atoms with Gasteiger partial charge in [0.2, 0.25) is 0 Å². The highest BCUT2D eigenvalue weighted by Gasteiger charge is 2.11. The fourth-order valence-corrected chi connectivity index (χ4v) is 2.79. The number of hydrogen-bond donors (Lipinski definition) is 2. The predicted molar refractivity (Wildman–Crippen MR) is 66.7 cm³/mol. The minimum Gasteiger partial charge on any atom is -0.271 e. The third-order valence-corrected chi connectivity index (χ3v) is 3.66. The molecule has 0 aliphatic heterocycles. The molecule has 84 valence electrons. The van der Waals surface area contributed by atoms with E-state index in [0.717, 1.165) is 21.4 Å². The molecule has 0 bridgehead atoms. The molecule has 0 aliphatic carbocycles. The highest BCUT2D eigenvalue weighted by molar-refractivity contribution is 7.19. The Hall–Kier alpha value is -1.23. The van der Waals surface area contributed by atoms with E-state index < -0.39 is 0 Å². The fourth-order valence-electron chi connectivity index (χ4n) is 1.63. The van der Waals surface area contributed by atoms with E-state index in [1.54, 1.807) is 23.5 Å². The van der Waals surface area contributed by atoms with Gasteiger partial charge in [0.15, 0.2) is 0 Å². The average Bonchev–Trinajstić information content (AvgIpc) is 2.68. The lowest BCUT2D eigenvalue weighted by atomic mass is 10.1. The topological polar surface area (TPSA) is 38.0 Å². The summed E-state index contributed by atoms with van der Waals surface area (Å²) in [7, 11) is 0. The Morgan fingerprint density at radius 2 is 2.31 bits per heavy atom. The minimum absolute atomic E-state index is 0.0537. The van der Waals surface area contributed by atoms with Crippen LogP contribution in [0.15, 0.2) is 36.9 Å². The zero-order valence-electron chi connectivity index (χ0n) is 8.74. The maximum absolute atomic E-state index is 13.0. The first-order valence-electron chi connectivity index (χ1n) is 5.00. The number of nitrogens with one attached hydrogen (secondary N) is 1. The lowest BCUT2D eigenvalue weighted by Gasteiger charge is -2.10. The van der Waals surface area contributed by atoms with Crippen LogP contribution in [0.2, 0.25) is 0 Å². The molecule has 0 radical (unpaired) electrons. The molecule has 0 saturated carbocycles. The van der Waals surface area contributed by atoms with Gasteiger partial charge in [-0.15, -0.1) is 17.9 Å². The number of benzene rings is 1. The third-order valence-electron chi connectivity index (χ3n) is 2.45. The van der Waals surface area contributed by atoms with Crippen molar-refractivity contribution < 1.29 is 4.39 Å². The van der Waals surface area contributed by atoms with Gasteiger partial charge in [-0.25, -0.2) is 4.39 Å². The monoisotopic (exact) mass is 236 g/mol. The molecular weight excluding hydrogens is 223 g/mol. The molecule has 0 amide bonds. The average molecular weight is 236 g/mol. The van der Waals surface area contributed by atoms with Crippen LogP contribution < -0.4 is 11.3 Å². The van der Waals surface area contributed by atoms with Crippen molar-refractivity contribution in [2.45, 2.75) is 12.5 Å². The summed E-state index contributed by atoms with van der Waals surface area (Å²) in [6.07, 6.45) is 2.57. The summed E-state index contributed by atoms with van der Waals surface area (Å²) in [5, 5.41) is 1.05. The van der Waals surface area contributed by atoms with Crippen LogP contribution in [0.3, 0.4) is 0 Å². The molecule has 16 heavy (non-hydrogen) atoms. The molecule has 1 atom stereocenters. The molecule has 0 saturated heterocycles. The number of fused-ring (bicyclic) bond motifs is 1. The first-order valence-corrected chi connectivity index (χ1v) is 5.82. The number of thiophene rings is 1. The Bertz CT molecular complexity index is 507. The Kier molecular flexibility index (Phi) is 3.33. The lowest BCUT2D eigenvalue weighted by Crippen LogP contribution is -2.26. The largest absolute Gasteiger partial charge is 0.271 e. The summed E-state index contributed by atoms with van der Waals surface area (Å²) < 4.78 is 14.0. The second kappa shape index (κ2) is 4.74. The van der Waals surface area contributed by atoms with E-state index in [1.807, 2.05) is 12.1 Å². The summed E-state index contributed by atoms with van der Waals surface area (Å²) in [5.74, 6) is 5.27. The van der Waals surface area contributed by atoms with Gasteiger partial charge in [0.05, 0.1) is 6.04 Å². The third kappa shape index (κ3) is 2.14. The van der Waals surface area contributed by atoms with Crippen molar-refractivity contribution in [3.8, 4) is 0 Å². The minimum atomic E-state index is -0.207. The molecule has 2 aromatic rings. The first kappa shape index (κ1) is 11.3. The van der Waals surface area contributed by atoms with Gasteiger partial charge >= 0.3 is 0 Å². The predicted octanol–water partition coefficient (Wildman–Crippen LogP) is 3.12. The summed E-state index contributed by atoms with van der Waals surface area (Å²) in [4.78, 5) is 1.10. The molecule has 1 aromatic carbocycles. The van der Waals surface area contributed by atoms with Gasteiger partial charge in [0, 0.05) is 9.58 Å². The summed E-state index contributed by atoms with van der Waals surface area (Å²) >= 11 is 1.55. The van der Waals surface area contributed by atoms with E-state index in [-0.39, 0.29) is 11.9 Å². The molecule has 1 aromatic heterocycles. The molecule has 0 aliphatic rings. The zero-order valence-corrected chi connectivity index (χ0v) is 9.56. The van der Waals surface area contributed by atoms with E-state index in [4.69, 9.17) is 5.84 Å². The Labute approximate surface area is 97.5 Å². The molecule has 1 unspecified atom stereocenters. The van der Waals surface area contributed by atoms with Crippen LogP contribution in [0.5, 0.6) is 0 Å². The van der Waals surface area contributed by atoms with Gasteiger partial charge in [-0.3, -0.25) is 11.3 Å². The molecule has 2 nitrogen and oxygen atoms in total. The molecular formula is C12H13FN2S. The van der Waals surface area contributed by atoms with Crippen LogP contribution in [0.4, 0.5) is 4.39 Å². The number of nitrogens with two attached hydrogens (primary N) is 1. The van der Waals surface area contributed by atoms with Crippen LogP contribution in [-0.4, -0.2) is 0 Å². The zero-order chi connectivity index (χ0) is 11.5. The summed E-state index contributed by atoms with van der Waals surface area (Å²) in [6.45, 7) is 3.69. The fraction of sp³-hybridized carbons (Fsp3) is 0.167. The maximum atomic E-state index is 13.0. The van der Waals surface area contributed by atoms with Gasteiger partial charge < -0.3 is 0 Å². The van der Waals surface area contributed by atoms with Gasteiger partial charge in [0.25, 0.3) is 0 Å². The highest BCUT2D eigenvalue weighted by atomic mass is 32.1. The number of hydrogen-bond acceptors (Lipinski definition) is 3. The van der Waals surface area contributed by atoms with E-state index in [9.17, 15) is 4.39 Å². The van der Waals surface area contributed by atoms with Gasteiger partial charge in [-0.2, -0.15) is 0 Å². The summed E-state index contributed by atoms with van der Waals surface area (Å²) in [6, 6.07) is 6.89. The van der Waals surface area contributed by atoms with Crippen molar-refractivity contribution in [3.63, 3.8) is 0 Å². The van der Waals surface area contributed by atoms with Crippen LogP contribution in [0, 0.1) is 5.82 Å². The van der Waals surface area contributed by atoms with Crippen molar-refractivity contribution in [2.24, 2.45) is 5.84 Å². The van der Waals surface area contributed by atoms with Crippen molar-refractivity contribution >= 4 is 21.4 Å². The Balaban J connectivity index is 2.41. The van der Waals surface area contributed by atoms with Gasteiger partial charge in [0.1, 0.15) is 5.82 Å². The van der Waals surface area contributed by atoms with Crippen LogP contribution in [-0.2, 0) is 0 Å². The van der Waals surface area contributed by atoms with Crippen LogP contribution in [0.1, 0.15) is 17.3 Å². The van der Waals surface area contributed by atoms with Crippen LogP contribution in [0.25, 0.3) is 10.1 Å². The van der Waals surface area contributed by atoms with Crippen LogP contribution >= 0.6 is 11.3 Å². The standard InChI is InChI=1S/C12H13FN2S/c1-2-3-10(15-14)12-6-8-4-5-9(13)7-11(8)16-12/h2,4-7,10,15H,1,3,14H2. The van der Waals surface area contributed by atoms with E-state index in [2.05, 4.69) is 12.0 Å². The molecule has 1 heterocycles. The first-order chi connectivity index (χ1) is 7.74. The molecule has 0 fully saturated rings. The lowest BCUT2D eigenvalue weighted by molar-refractivity contribution is 0.571. The maximum Gasteiger partial charge on any atom is 0.124 e. The smallest absolute Gasteiger partial charge is 0.124 e. The van der Waals surface area contributed by atoms with Crippen molar-refractivity contribution in [1.82, 2.24) is 5.43 Å². The number of halogens is 1. The van der Waals surface area contributed by atoms with Crippen molar-refractivity contribution in [1.29, 1.82) is 0 Å². The second-order valence-corrected chi connectivity index (χ2v) is 4.69. The molecule has 0 spiro atoms. The van der Waals surface area contributed by atoms with E-state index in [0.29, 0.717) is 0 Å².